The van der Waals surface area contributed by atoms with Crippen molar-refractivity contribution in [3.05, 3.63) is 71.2 Å². The average Bonchev–Trinajstić information content (AvgIpc) is 2.95. The molecule has 42 heavy (non-hydrogen) atoms. The van der Waals surface area contributed by atoms with Crippen LogP contribution in [-0.4, -0.2) is 86.2 Å². The van der Waals surface area contributed by atoms with Crippen LogP contribution in [-0.2, 0) is 4.74 Å². The van der Waals surface area contributed by atoms with Gasteiger partial charge in [0, 0.05) is 69.8 Å². The molecule has 2 heterocycles. The van der Waals surface area contributed by atoms with Crippen molar-refractivity contribution in [2.75, 3.05) is 47.5 Å². The maximum Gasteiger partial charge on any atom is 0.273 e. The molecule has 2 atom stereocenters. The summed E-state index contributed by atoms with van der Waals surface area (Å²) < 4.78 is 25.2. The van der Waals surface area contributed by atoms with E-state index in [0.29, 0.717) is 48.4 Å². The molecule has 11 heteroatoms. The van der Waals surface area contributed by atoms with Gasteiger partial charge < -0.3 is 24.6 Å². The van der Waals surface area contributed by atoms with Gasteiger partial charge in [0.25, 0.3) is 11.8 Å². The molecule has 8 nitrogen and oxygen atoms in total. The van der Waals surface area contributed by atoms with Crippen molar-refractivity contribution in [3.8, 4) is 5.75 Å². The number of hydrogen-bond donors (Lipinski definition) is 1. The maximum atomic E-state index is 14.2. The van der Waals surface area contributed by atoms with Crippen molar-refractivity contribution in [2.24, 2.45) is 0 Å². The zero-order chi connectivity index (χ0) is 28.8. The monoisotopic (exact) mass is 622 g/mol. The molecule has 1 aliphatic heterocycles. The number of fused-ring (bicyclic) bond motifs is 1. The van der Waals surface area contributed by atoms with Crippen LogP contribution in [0.2, 0.25) is 0 Å². The van der Waals surface area contributed by atoms with Crippen molar-refractivity contribution in [1.82, 2.24) is 20.1 Å². The maximum absolute atomic E-state index is 14.2. The molecule has 0 unspecified atom stereocenters. The third kappa shape index (κ3) is 8.10. The third-order valence-corrected chi connectivity index (χ3v) is 7.27. The highest BCUT2D eigenvalue weighted by atomic mass is 35.5. The van der Waals surface area contributed by atoms with Crippen molar-refractivity contribution in [2.45, 2.75) is 44.7 Å². The first-order valence-corrected chi connectivity index (χ1v) is 13.8. The molecular weight excluding hydrogens is 582 g/mol. The van der Waals surface area contributed by atoms with Gasteiger partial charge in [-0.3, -0.25) is 9.59 Å². The summed E-state index contributed by atoms with van der Waals surface area (Å²) in [5.41, 5.74) is 2.39. The molecule has 1 aliphatic rings. The van der Waals surface area contributed by atoms with Gasteiger partial charge in [0.1, 0.15) is 17.3 Å². The van der Waals surface area contributed by atoms with E-state index < -0.39 is 5.82 Å². The Morgan fingerprint density at radius 3 is 2.52 bits per heavy atom. The number of aromatic nitrogens is 1. The molecule has 0 aliphatic carbocycles. The molecule has 1 saturated heterocycles. The summed E-state index contributed by atoms with van der Waals surface area (Å²) in [6, 6.07) is 13.3. The smallest absolute Gasteiger partial charge is 0.273 e. The Morgan fingerprint density at radius 2 is 1.83 bits per heavy atom. The Balaban J connectivity index is 0.00000308. The normalized spacial score (nSPS) is 16.4. The Bertz CT molecular complexity index is 1360. The van der Waals surface area contributed by atoms with Gasteiger partial charge in [0.05, 0.1) is 18.2 Å². The summed E-state index contributed by atoms with van der Waals surface area (Å²) in [5.74, 6) is -0.228. The number of piperidine rings is 1. The second kappa shape index (κ2) is 16.0. The second-order valence-corrected chi connectivity index (χ2v) is 10.7. The molecule has 0 spiro atoms. The fourth-order valence-corrected chi connectivity index (χ4v) is 5.37. The molecule has 4 rings (SSSR count). The summed E-state index contributed by atoms with van der Waals surface area (Å²) in [6.07, 6.45) is 1.47. The molecule has 2 amide bonds. The Kier molecular flexibility index (Phi) is 13.4. The van der Waals surface area contributed by atoms with Crippen LogP contribution >= 0.6 is 24.8 Å². The number of amides is 2. The van der Waals surface area contributed by atoms with E-state index >= 15 is 0 Å². The van der Waals surface area contributed by atoms with Crippen LogP contribution in [0.3, 0.4) is 0 Å². The number of benzene rings is 2. The average molecular weight is 624 g/mol. The Labute approximate surface area is 259 Å². The lowest BCUT2D eigenvalue weighted by Crippen LogP contribution is -2.55. The summed E-state index contributed by atoms with van der Waals surface area (Å²) in [6.45, 7) is 6.30. The van der Waals surface area contributed by atoms with Gasteiger partial charge in [-0.15, -0.1) is 24.8 Å². The highest BCUT2D eigenvalue weighted by Crippen LogP contribution is 2.33. The molecule has 0 radical (unpaired) electrons. The largest absolute Gasteiger partial charge is 0.493 e. The molecular formula is C31H41Cl2FN4O4. The number of nitrogens with one attached hydrogen (secondary N) is 1. The van der Waals surface area contributed by atoms with Crippen LogP contribution in [0.15, 0.2) is 48.5 Å². The number of pyridine rings is 1. The molecule has 0 bridgehead atoms. The van der Waals surface area contributed by atoms with Gasteiger partial charge in [0.2, 0.25) is 0 Å². The van der Waals surface area contributed by atoms with E-state index in [9.17, 15) is 14.0 Å². The van der Waals surface area contributed by atoms with E-state index in [2.05, 4.69) is 10.3 Å². The minimum absolute atomic E-state index is 0. The Hall–Kier alpha value is -2.98. The van der Waals surface area contributed by atoms with Crippen molar-refractivity contribution < 1.29 is 23.5 Å². The van der Waals surface area contributed by atoms with E-state index in [1.54, 1.807) is 38.2 Å². The van der Waals surface area contributed by atoms with Crippen LogP contribution in [0.25, 0.3) is 10.9 Å². The number of hydrogen-bond acceptors (Lipinski definition) is 6. The number of carbonyl (C=O) groups is 2. The van der Waals surface area contributed by atoms with E-state index in [-0.39, 0.29) is 60.3 Å². The lowest BCUT2D eigenvalue weighted by molar-refractivity contribution is 0.0531. The third-order valence-electron chi connectivity index (χ3n) is 7.27. The first-order chi connectivity index (χ1) is 19.2. The van der Waals surface area contributed by atoms with Crippen LogP contribution in [0.1, 0.15) is 59.0 Å². The van der Waals surface area contributed by atoms with Crippen molar-refractivity contribution in [3.63, 3.8) is 0 Å². The Morgan fingerprint density at radius 1 is 1.07 bits per heavy atom. The van der Waals surface area contributed by atoms with Gasteiger partial charge in [0.15, 0.2) is 0 Å². The van der Waals surface area contributed by atoms with Gasteiger partial charge in [-0.05, 0) is 62.7 Å². The molecule has 1 N–H and O–H groups in total. The minimum Gasteiger partial charge on any atom is -0.493 e. The van der Waals surface area contributed by atoms with Crippen molar-refractivity contribution in [1.29, 1.82) is 0 Å². The van der Waals surface area contributed by atoms with Crippen LogP contribution in [0.4, 0.5) is 4.39 Å². The van der Waals surface area contributed by atoms with E-state index in [4.69, 9.17) is 9.47 Å². The number of rotatable bonds is 10. The first kappa shape index (κ1) is 35.2. The SMILES string of the molecule is COCCCOc1cc(C(=O)N(C(C)C)[C@H]2CNCC[C@@H]2c2cccc(C(=O)N(C)C)c2)nc2ccc(F)cc12.Cl.Cl. The highest BCUT2D eigenvalue weighted by Gasteiger charge is 2.36. The van der Waals surface area contributed by atoms with Gasteiger partial charge in [-0.2, -0.15) is 0 Å². The van der Waals surface area contributed by atoms with Crippen molar-refractivity contribution >= 4 is 47.5 Å². The van der Waals surface area contributed by atoms with E-state index in [1.165, 1.54) is 12.1 Å². The van der Waals surface area contributed by atoms with Crippen LogP contribution in [0.5, 0.6) is 5.75 Å². The predicted octanol–water partition coefficient (Wildman–Crippen LogP) is 5.33. The first-order valence-electron chi connectivity index (χ1n) is 13.8. The predicted molar refractivity (Wildman–Crippen MR) is 168 cm³/mol. The zero-order valence-electron chi connectivity index (χ0n) is 24.8. The summed E-state index contributed by atoms with van der Waals surface area (Å²) in [7, 11) is 5.10. The summed E-state index contributed by atoms with van der Waals surface area (Å²) >= 11 is 0. The number of nitrogens with zero attached hydrogens (tertiary/aromatic N) is 3. The number of ether oxygens (including phenoxy) is 2. The lowest BCUT2D eigenvalue weighted by Gasteiger charge is -2.42. The number of methoxy groups -OCH3 is 1. The second-order valence-electron chi connectivity index (χ2n) is 10.7. The van der Waals surface area contributed by atoms with E-state index in [1.807, 2.05) is 43.0 Å². The number of carbonyl (C=O) groups excluding carboxylic acids is 2. The summed E-state index contributed by atoms with van der Waals surface area (Å²) in [5, 5.41) is 3.97. The quantitative estimate of drug-likeness (QED) is 0.308. The topological polar surface area (TPSA) is 84.0 Å². The molecule has 3 aromatic rings. The lowest BCUT2D eigenvalue weighted by atomic mass is 9.83. The molecule has 0 saturated carbocycles. The molecule has 1 aromatic heterocycles. The zero-order valence-corrected chi connectivity index (χ0v) is 26.4. The fourth-order valence-electron chi connectivity index (χ4n) is 5.37. The van der Waals surface area contributed by atoms with Crippen LogP contribution < -0.4 is 10.1 Å². The van der Waals surface area contributed by atoms with Gasteiger partial charge in [-0.1, -0.05) is 12.1 Å². The van der Waals surface area contributed by atoms with Crippen LogP contribution in [0, 0.1) is 5.82 Å². The fraction of sp³-hybridized carbons (Fsp3) is 0.452. The number of halogens is 3. The molecule has 2 aromatic carbocycles. The highest BCUT2D eigenvalue weighted by molar-refractivity contribution is 5.97. The van der Waals surface area contributed by atoms with E-state index in [0.717, 1.165) is 18.5 Å². The minimum atomic E-state index is -0.398. The standard InChI is InChI=1S/C31H39FN4O4.2ClH/c1-20(2)36(28-19-33-13-12-24(28)21-8-6-9-22(16-21)30(37)35(3)4)31(38)27-18-29(40-15-7-14-39-5)25-17-23(32)10-11-26(25)34-27;;/h6,8-11,16-18,20,24,28,33H,7,12-15,19H2,1-5H3;2*1H/t24-,28+;;/m1../s1. The van der Waals surface area contributed by atoms with Gasteiger partial charge in [-0.25, -0.2) is 9.37 Å². The van der Waals surface area contributed by atoms with Gasteiger partial charge >= 0.3 is 0 Å². The molecule has 1 fully saturated rings. The molecule has 230 valence electrons. The summed E-state index contributed by atoms with van der Waals surface area (Å²) in [4.78, 5) is 34.9.